The molecule has 0 aromatic heterocycles. The monoisotopic (exact) mass is 362 g/mol. The van der Waals surface area contributed by atoms with Crippen LogP contribution in [-0.4, -0.2) is 31.0 Å². The maximum Gasteiger partial charge on any atom is 0.237 e. The Kier molecular flexibility index (Phi) is 6.69. The Hall–Kier alpha value is -2.47. The predicted octanol–water partition coefficient (Wildman–Crippen LogP) is 3.67. The van der Waals surface area contributed by atoms with Crippen LogP contribution in [0.1, 0.15) is 31.0 Å². The first kappa shape index (κ1) is 19.8. The van der Waals surface area contributed by atoms with Gasteiger partial charge in [-0.15, -0.1) is 0 Å². The topological polar surface area (TPSA) is 41.6 Å². The van der Waals surface area contributed by atoms with Gasteiger partial charge in [0.15, 0.2) is 11.6 Å². The summed E-state index contributed by atoms with van der Waals surface area (Å²) in [4.78, 5) is 14.3. The van der Waals surface area contributed by atoms with E-state index in [0.717, 1.165) is 11.1 Å². The number of nitrogens with zero attached hydrogens (tertiary/aromatic N) is 1. The molecule has 4 nitrogen and oxygen atoms in total. The zero-order valence-corrected chi connectivity index (χ0v) is 15.4. The molecule has 1 amide bonds. The first-order valence-corrected chi connectivity index (χ1v) is 8.40. The number of benzene rings is 2. The van der Waals surface area contributed by atoms with Crippen LogP contribution < -0.4 is 10.1 Å². The average molecular weight is 362 g/mol. The molecule has 0 bridgehead atoms. The van der Waals surface area contributed by atoms with Crippen molar-refractivity contribution in [2.24, 2.45) is 0 Å². The summed E-state index contributed by atoms with van der Waals surface area (Å²) in [6.45, 7) is 4.05. The van der Waals surface area contributed by atoms with Crippen LogP contribution in [0.5, 0.6) is 5.75 Å². The fourth-order valence-electron chi connectivity index (χ4n) is 2.60. The summed E-state index contributed by atoms with van der Waals surface area (Å²) in [6.07, 6.45) is 0. The van der Waals surface area contributed by atoms with Crippen molar-refractivity contribution < 1.29 is 18.3 Å². The molecule has 0 heterocycles. The lowest BCUT2D eigenvalue weighted by Gasteiger charge is -2.26. The number of hydrogen-bond donors (Lipinski definition) is 1. The second kappa shape index (κ2) is 8.76. The van der Waals surface area contributed by atoms with E-state index in [9.17, 15) is 13.6 Å². The minimum Gasteiger partial charge on any atom is -0.494 e. The molecule has 2 rings (SSSR count). The molecular weight excluding hydrogens is 338 g/mol. The molecule has 1 N–H and O–H groups in total. The number of likely N-dealkylation sites (N-methyl/N-ethyl adjacent to an activating group) is 1. The predicted molar refractivity (Wildman–Crippen MR) is 96.8 cm³/mol. The van der Waals surface area contributed by atoms with Gasteiger partial charge in [-0.25, -0.2) is 8.78 Å². The maximum absolute atomic E-state index is 13.8. The van der Waals surface area contributed by atoms with E-state index in [4.69, 9.17) is 4.74 Å². The molecule has 0 aliphatic rings. The van der Waals surface area contributed by atoms with Gasteiger partial charge in [-0.2, -0.15) is 0 Å². The van der Waals surface area contributed by atoms with Crippen LogP contribution >= 0.6 is 0 Å². The van der Waals surface area contributed by atoms with E-state index in [1.807, 2.05) is 11.8 Å². The second-order valence-electron chi connectivity index (χ2n) is 6.34. The zero-order valence-electron chi connectivity index (χ0n) is 15.4. The van der Waals surface area contributed by atoms with Crippen molar-refractivity contribution in [3.63, 3.8) is 0 Å². The van der Waals surface area contributed by atoms with Gasteiger partial charge in [0.05, 0.1) is 19.2 Å². The summed E-state index contributed by atoms with van der Waals surface area (Å²) in [7, 11) is 3.22. The number of carbonyl (C=O) groups is 1. The van der Waals surface area contributed by atoms with Crippen LogP contribution in [0.15, 0.2) is 42.5 Å². The largest absolute Gasteiger partial charge is 0.494 e. The standard InChI is InChI=1S/C20H24F2N2O2/c1-13(16-6-8-17(21)9-7-16)23-20(25)14(2)24(3)12-15-5-10-19(26-4)18(22)11-15/h5-11,13-14H,12H2,1-4H3,(H,23,25). The molecule has 2 aromatic carbocycles. The minimum absolute atomic E-state index is 0.154. The molecule has 2 atom stereocenters. The highest BCUT2D eigenvalue weighted by atomic mass is 19.1. The number of carbonyl (C=O) groups excluding carboxylic acids is 1. The van der Waals surface area contributed by atoms with Gasteiger partial charge in [-0.1, -0.05) is 18.2 Å². The number of hydrogen-bond acceptors (Lipinski definition) is 3. The normalized spacial score (nSPS) is 13.3. The number of halogens is 2. The second-order valence-corrected chi connectivity index (χ2v) is 6.34. The SMILES string of the molecule is COc1ccc(CN(C)C(C)C(=O)NC(C)c2ccc(F)cc2)cc1F. The van der Waals surface area contributed by atoms with Gasteiger partial charge >= 0.3 is 0 Å². The molecule has 0 saturated heterocycles. The highest BCUT2D eigenvalue weighted by Gasteiger charge is 2.20. The number of rotatable bonds is 7. The first-order valence-electron chi connectivity index (χ1n) is 8.40. The van der Waals surface area contributed by atoms with Gasteiger partial charge < -0.3 is 10.1 Å². The molecule has 0 saturated carbocycles. The number of methoxy groups -OCH3 is 1. The van der Waals surface area contributed by atoms with E-state index < -0.39 is 11.9 Å². The van der Waals surface area contributed by atoms with E-state index in [1.54, 1.807) is 38.2 Å². The lowest BCUT2D eigenvalue weighted by Crippen LogP contribution is -2.43. The van der Waals surface area contributed by atoms with Crippen LogP contribution in [-0.2, 0) is 11.3 Å². The van der Waals surface area contributed by atoms with Crippen molar-refractivity contribution in [1.29, 1.82) is 0 Å². The molecule has 2 unspecified atom stereocenters. The third-order valence-electron chi connectivity index (χ3n) is 4.42. The summed E-state index contributed by atoms with van der Waals surface area (Å²) in [5.74, 6) is -0.707. The number of amides is 1. The van der Waals surface area contributed by atoms with E-state index in [2.05, 4.69) is 5.32 Å². The van der Waals surface area contributed by atoms with Crippen molar-refractivity contribution in [2.45, 2.75) is 32.5 Å². The Labute approximate surface area is 152 Å². The Bertz CT molecular complexity index is 750. The van der Waals surface area contributed by atoms with Crippen LogP contribution in [0.25, 0.3) is 0 Å². The lowest BCUT2D eigenvalue weighted by molar-refractivity contribution is -0.126. The summed E-state index contributed by atoms with van der Waals surface area (Å²) in [6, 6.07) is 10.1. The van der Waals surface area contributed by atoms with Gasteiger partial charge in [0, 0.05) is 6.54 Å². The average Bonchev–Trinajstić information content (AvgIpc) is 2.61. The Morgan fingerprint density at radius 1 is 1.15 bits per heavy atom. The fourth-order valence-corrected chi connectivity index (χ4v) is 2.60. The van der Waals surface area contributed by atoms with Crippen LogP contribution in [0, 0.1) is 11.6 Å². The summed E-state index contributed by atoms with van der Waals surface area (Å²) >= 11 is 0. The molecule has 0 spiro atoms. The third-order valence-corrected chi connectivity index (χ3v) is 4.42. The highest BCUT2D eigenvalue weighted by molar-refractivity contribution is 5.81. The molecule has 0 aliphatic heterocycles. The van der Waals surface area contributed by atoms with Gasteiger partial charge in [0.25, 0.3) is 0 Å². The summed E-state index contributed by atoms with van der Waals surface area (Å²) in [5, 5.41) is 2.91. The minimum atomic E-state index is -0.430. The number of nitrogens with one attached hydrogen (secondary N) is 1. The molecule has 0 radical (unpaired) electrons. The maximum atomic E-state index is 13.8. The molecule has 6 heteroatoms. The highest BCUT2D eigenvalue weighted by Crippen LogP contribution is 2.19. The van der Waals surface area contributed by atoms with Crippen molar-refractivity contribution in [3.8, 4) is 5.75 Å². The molecule has 26 heavy (non-hydrogen) atoms. The van der Waals surface area contributed by atoms with Crippen molar-refractivity contribution in [2.75, 3.05) is 14.2 Å². The van der Waals surface area contributed by atoms with Crippen LogP contribution in [0.3, 0.4) is 0 Å². The van der Waals surface area contributed by atoms with Gasteiger partial charge in [0.1, 0.15) is 5.82 Å². The van der Waals surface area contributed by atoms with Gasteiger partial charge in [0.2, 0.25) is 5.91 Å². The molecular formula is C20H24F2N2O2. The lowest BCUT2D eigenvalue weighted by atomic mass is 10.1. The van der Waals surface area contributed by atoms with Crippen molar-refractivity contribution >= 4 is 5.91 Å². The van der Waals surface area contributed by atoms with E-state index >= 15 is 0 Å². The first-order chi connectivity index (χ1) is 12.3. The van der Waals surface area contributed by atoms with Crippen LogP contribution in [0.4, 0.5) is 8.78 Å². The molecule has 0 aliphatic carbocycles. The summed E-state index contributed by atoms with van der Waals surface area (Å²) in [5.41, 5.74) is 1.57. The van der Waals surface area contributed by atoms with E-state index in [-0.39, 0.29) is 23.5 Å². The number of ether oxygens (including phenoxy) is 1. The molecule has 140 valence electrons. The van der Waals surface area contributed by atoms with Crippen molar-refractivity contribution in [1.82, 2.24) is 10.2 Å². The quantitative estimate of drug-likeness (QED) is 0.817. The smallest absolute Gasteiger partial charge is 0.237 e. The van der Waals surface area contributed by atoms with Crippen molar-refractivity contribution in [3.05, 3.63) is 65.2 Å². The fraction of sp³-hybridized carbons (Fsp3) is 0.350. The Morgan fingerprint density at radius 3 is 2.38 bits per heavy atom. The Morgan fingerprint density at radius 2 is 1.81 bits per heavy atom. The van der Waals surface area contributed by atoms with Gasteiger partial charge in [-0.3, -0.25) is 9.69 Å². The third kappa shape index (κ3) is 5.02. The molecule has 0 fully saturated rings. The zero-order chi connectivity index (χ0) is 19.3. The van der Waals surface area contributed by atoms with E-state index in [1.165, 1.54) is 25.3 Å². The molecule has 2 aromatic rings. The Balaban J connectivity index is 1.96. The van der Waals surface area contributed by atoms with Gasteiger partial charge in [-0.05, 0) is 56.3 Å². The summed E-state index contributed by atoms with van der Waals surface area (Å²) < 4.78 is 31.7. The van der Waals surface area contributed by atoms with Crippen LogP contribution in [0.2, 0.25) is 0 Å². The van der Waals surface area contributed by atoms with E-state index in [0.29, 0.717) is 6.54 Å².